The van der Waals surface area contributed by atoms with E-state index in [1.807, 2.05) is 111 Å². The zero-order valence-corrected chi connectivity index (χ0v) is 47.6. The third kappa shape index (κ3) is 16.9. The number of carbonyl (C=O) groups is 5. The maximum absolute atomic E-state index is 13.5. The second kappa shape index (κ2) is 30.2. The van der Waals surface area contributed by atoms with Gasteiger partial charge in [0.05, 0.1) is 22.7 Å². The van der Waals surface area contributed by atoms with E-state index in [2.05, 4.69) is 68.6 Å². The van der Waals surface area contributed by atoms with Crippen LogP contribution in [0.15, 0.2) is 143 Å². The summed E-state index contributed by atoms with van der Waals surface area (Å²) in [5.74, 6) is -0.821. The predicted molar refractivity (Wildman–Crippen MR) is 317 cm³/mol. The van der Waals surface area contributed by atoms with Crippen molar-refractivity contribution in [1.82, 2.24) is 36.0 Å². The molecule has 19 nitrogen and oxygen atoms in total. The van der Waals surface area contributed by atoms with Crippen LogP contribution in [-0.4, -0.2) is 92.3 Å². The Morgan fingerprint density at radius 1 is 0.800 bits per heavy atom. The molecule has 22 heteroatoms. The molecule has 0 bridgehead atoms. The summed E-state index contributed by atoms with van der Waals surface area (Å²) in [6.07, 6.45) is 1.92. The van der Waals surface area contributed by atoms with Gasteiger partial charge in [-0.2, -0.15) is 0 Å². The molecule has 0 fully saturated rings. The van der Waals surface area contributed by atoms with Crippen LogP contribution in [-0.2, 0) is 43.0 Å². The number of fused-ring (bicyclic) bond motifs is 3. The molecule has 2 aromatic heterocycles. The molecule has 5 aromatic carbocycles. The van der Waals surface area contributed by atoms with Crippen LogP contribution in [0.1, 0.15) is 75.1 Å². The van der Waals surface area contributed by atoms with Crippen LogP contribution in [0.2, 0.25) is 0 Å². The summed E-state index contributed by atoms with van der Waals surface area (Å²) < 4.78 is 29.3. The van der Waals surface area contributed by atoms with Crippen LogP contribution in [0.25, 0.3) is 45.1 Å². The lowest BCUT2D eigenvalue weighted by Crippen LogP contribution is -2.47. The fraction of sp³-hybridized carbons (Fsp3) is 0.276. The lowest BCUT2D eigenvalue weighted by molar-refractivity contribution is -0.126. The van der Waals surface area contributed by atoms with Gasteiger partial charge in [0.25, 0.3) is 0 Å². The van der Waals surface area contributed by atoms with Crippen molar-refractivity contribution in [2.45, 2.75) is 82.2 Å². The maximum Gasteiger partial charge on any atom is 0.410 e. The molecule has 8 rings (SSSR count). The Kier molecular flexibility index (Phi) is 23.1. The molecule has 8 N–H and O–H groups in total. The van der Waals surface area contributed by atoms with Crippen LogP contribution in [0.5, 0.6) is 0 Å². The van der Waals surface area contributed by atoms with Gasteiger partial charge in [-0.25, -0.2) is 24.4 Å². The van der Waals surface area contributed by atoms with Gasteiger partial charge in [0, 0.05) is 59.1 Å². The fourth-order valence-corrected chi connectivity index (χ4v) is 9.34. The minimum absolute atomic E-state index is 0.00547. The van der Waals surface area contributed by atoms with Crippen LogP contribution in [0, 0.1) is 0 Å². The van der Waals surface area contributed by atoms with Crippen molar-refractivity contribution < 1.29 is 42.2 Å². The number of benzene rings is 5. The van der Waals surface area contributed by atoms with E-state index in [0.29, 0.717) is 40.5 Å². The Morgan fingerprint density at radius 3 is 2.02 bits per heavy atom. The van der Waals surface area contributed by atoms with Crippen LogP contribution < -0.4 is 32.7 Å². The summed E-state index contributed by atoms with van der Waals surface area (Å²) in [5, 5.41) is 14.6. The van der Waals surface area contributed by atoms with Crippen molar-refractivity contribution >= 4 is 75.7 Å². The molecular formula is C58H66N10O9S3. The molecule has 7 aromatic rings. The van der Waals surface area contributed by atoms with E-state index in [4.69, 9.17) is 30.4 Å². The second-order valence-corrected chi connectivity index (χ2v) is 20.7. The highest BCUT2D eigenvalue weighted by molar-refractivity contribution is 8.59. The van der Waals surface area contributed by atoms with E-state index in [1.165, 1.54) is 11.3 Å². The minimum atomic E-state index is -1.11. The van der Waals surface area contributed by atoms with Gasteiger partial charge in [0.1, 0.15) is 31.5 Å². The quantitative estimate of drug-likeness (QED) is 0.0201. The van der Waals surface area contributed by atoms with Gasteiger partial charge in [0.2, 0.25) is 11.8 Å². The fourth-order valence-electron chi connectivity index (χ4n) is 8.40. The molecule has 1 aliphatic rings. The third-order valence-electron chi connectivity index (χ3n) is 12.3. The number of alkyl carbamates (subject to hydrolysis) is 1. The van der Waals surface area contributed by atoms with Crippen LogP contribution >= 0.6 is 23.3 Å². The smallest absolute Gasteiger partial charge is 0.410 e. The lowest BCUT2D eigenvalue weighted by Gasteiger charge is -2.19. The highest BCUT2D eigenvalue weighted by Gasteiger charge is 2.29. The Hall–Kier alpha value is -8.21. The molecular weight excluding hydrogens is 1080 g/mol. The molecule has 80 heavy (non-hydrogen) atoms. The van der Waals surface area contributed by atoms with Gasteiger partial charge in [-0.05, 0) is 70.5 Å². The number of primary amides is 1. The lowest BCUT2D eigenvalue weighted by atomic mass is 9.98. The summed E-state index contributed by atoms with van der Waals surface area (Å²) in [6, 6.07) is 37.3. The first-order valence-electron chi connectivity index (χ1n) is 25.7. The summed E-state index contributed by atoms with van der Waals surface area (Å²) >= 11 is 6.44. The van der Waals surface area contributed by atoms with E-state index in [1.54, 1.807) is 43.6 Å². The molecule has 0 aliphatic heterocycles. The first-order chi connectivity index (χ1) is 38.6. The normalized spacial score (nSPS) is 11.9. The summed E-state index contributed by atoms with van der Waals surface area (Å²) in [6.45, 7) is 8.06. The number of ether oxygens (including phenoxy) is 2. The molecule has 0 saturated heterocycles. The van der Waals surface area contributed by atoms with Gasteiger partial charge >= 0.3 is 18.2 Å². The van der Waals surface area contributed by atoms with E-state index in [-0.39, 0.29) is 49.7 Å². The Morgan fingerprint density at radius 2 is 1.40 bits per heavy atom. The zero-order chi connectivity index (χ0) is 57.7. The molecule has 1 aliphatic carbocycles. The molecule has 6 amide bonds. The van der Waals surface area contributed by atoms with Crippen molar-refractivity contribution in [1.29, 1.82) is 0 Å². The van der Waals surface area contributed by atoms with Crippen molar-refractivity contribution in [3.05, 3.63) is 156 Å². The molecule has 420 valence electrons. The molecule has 2 atom stereocenters. The number of hydrogen-bond acceptors (Lipinski definition) is 15. The number of rotatable bonds is 20. The van der Waals surface area contributed by atoms with Crippen LogP contribution in [0.4, 0.5) is 25.9 Å². The zero-order valence-electron chi connectivity index (χ0n) is 45.0. The van der Waals surface area contributed by atoms with Crippen LogP contribution in [0.3, 0.4) is 0 Å². The summed E-state index contributed by atoms with van der Waals surface area (Å²) in [7, 11) is 0.506. The van der Waals surface area contributed by atoms with Gasteiger partial charge in [-0.3, -0.25) is 13.8 Å². The summed E-state index contributed by atoms with van der Waals surface area (Å²) in [4.78, 5) is 74.7. The number of anilines is 2. The van der Waals surface area contributed by atoms with Gasteiger partial charge in [-0.1, -0.05) is 136 Å². The maximum atomic E-state index is 13.5. The van der Waals surface area contributed by atoms with Gasteiger partial charge in [-0.15, -0.1) is 23.3 Å². The molecule has 2 heterocycles. The number of nitrogens with two attached hydrogens (primary N) is 2. The minimum Gasteiger partial charge on any atom is -0.449 e. The molecule has 0 saturated carbocycles. The first-order valence-corrected chi connectivity index (χ1v) is 28.5. The van der Waals surface area contributed by atoms with E-state index < -0.39 is 53.4 Å². The number of carbonyl (C=O) groups excluding carboxylic acids is 5. The molecule has 0 radical (unpaired) electrons. The molecule has 0 spiro atoms. The topological polar surface area (TPSA) is 276 Å². The number of nitrogens with one attached hydrogen (secondary N) is 4. The standard InChI is InChI=1S/C55H56N10O9S.C3H8.H2S2/c1-33(2)75(71)39-24-20-37(21-25-39)47-28-59-51(56)50(63-47)48-27-46(64-74-48)36-18-14-34(15-19-36)30-65(3)55(70)73-31-35-16-22-38(23-17-35)61-52(67)45(13-8-26-58-53(57)68)62-49(66)29-60-54(69)72-32-44-42-11-6-4-9-40(42)41-10-5-7-12-43(41)44;1-3-2;1-2/h4-7,9-12,14-25,27-28,33,44-45H,8,13,26,29-32H2,1-3H3,(H2,56,59)(H,60,69)(H,61,67)(H,62,66)(H3,57,58,68);3H2,1-2H3;1-2H. The SMILES string of the molecule is CC(C)S(=O)c1ccc(-c2cnc(N)c(-c3cc(-c4ccc(CN(C)C(=O)OCc5ccc(NC(=O)C(CCCNC(N)=O)NC(=O)CNC(=O)OCC6c7ccccc7-c7ccccc76)cc5)cc4)no3)n2)cc1.CCC.SS. The van der Waals surface area contributed by atoms with Crippen molar-refractivity contribution in [2.24, 2.45) is 5.73 Å². The number of amides is 6. The van der Waals surface area contributed by atoms with E-state index in [0.717, 1.165) is 43.8 Å². The highest BCUT2D eigenvalue weighted by Crippen LogP contribution is 2.44. The first kappa shape index (κ1) is 61.0. The largest absolute Gasteiger partial charge is 0.449 e. The van der Waals surface area contributed by atoms with Crippen molar-refractivity contribution in [2.75, 3.05) is 37.8 Å². The van der Waals surface area contributed by atoms with E-state index >= 15 is 0 Å². The number of hydrogen-bond donors (Lipinski definition) is 8. The monoisotopic (exact) mass is 1140 g/mol. The third-order valence-corrected chi connectivity index (χ3v) is 13.9. The number of thiol groups is 2. The van der Waals surface area contributed by atoms with Gasteiger partial charge in [0.15, 0.2) is 17.3 Å². The Labute approximate surface area is 478 Å². The van der Waals surface area contributed by atoms with Crippen molar-refractivity contribution in [3.63, 3.8) is 0 Å². The van der Waals surface area contributed by atoms with Crippen molar-refractivity contribution in [3.8, 4) is 45.1 Å². The Bertz CT molecular complexity index is 3190. The second-order valence-electron chi connectivity index (χ2n) is 18.7. The van der Waals surface area contributed by atoms with E-state index in [9.17, 15) is 28.2 Å². The summed E-state index contributed by atoms with van der Waals surface area (Å²) in [5.41, 5.74) is 20.5. The average molecular weight is 1140 g/mol. The Balaban J connectivity index is 0.00000200. The number of urea groups is 1. The van der Waals surface area contributed by atoms with Gasteiger partial charge < -0.3 is 51.6 Å². The average Bonchev–Trinajstić information content (AvgIpc) is 4.09. The highest BCUT2D eigenvalue weighted by atomic mass is 33.1. The number of aromatic nitrogens is 3. The number of nitrogens with zero attached hydrogens (tertiary/aromatic N) is 4. The predicted octanol–water partition coefficient (Wildman–Crippen LogP) is 9.92. The number of nitrogen functional groups attached to an aromatic ring is 1. The molecule has 2 unspecified atom stereocenters.